The van der Waals surface area contributed by atoms with E-state index in [4.69, 9.17) is 0 Å². The van der Waals surface area contributed by atoms with Crippen LogP contribution in [0.2, 0.25) is 0 Å². The Kier molecular flexibility index (Phi) is 7.45. The molecule has 39 heavy (non-hydrogen) atoms. The molecule has 0 spiro atoms. The highest BCUT2D eigenvalue weighted by molar-refractivity contribution is 6.21. The van der Waals surface area contributed by atoms with Gasteiger partial charge in [-0.05, 0) is 56.7 Å². The maximum absolute atomic E-state index is 12.8. The molecule has 11 heteroatoms. The minimum Gasteiger partial charge on any atom is -0.367 e. The third-order valence-corrected chi connectivity index (χ3v) is 6.51. The molecule has 1 atom stereocenters. The summed E-state index contributed by atoms with van der Waals surface area (Å²) in [6.07, 6.45) is 0. The molecular formula is C28H23N7O4. The van der Waals surface area contributed by atoms with Gasteiger partial charge >= 0.3 is 0 Å². The molecule has 0 radical (unpaired) electrons. The normalized spacial score (nSPS) is 13.2. The molecule has 2 amide bonds. The highest BCUT2D eigenvalue weighted by Crippen LogP contribution is 2.33. The van der Waals surface area contributed by atoms with E-state index in [1.807, 2.05) is 45.0 Å². The van der Waals surface area contributed by atoms with Gasteiger partial charge < -0.3 is 4.90 Å². The van der Waals surface area contributed by atoms with Gasteiger partial charge in [-0.2, -0.15) is 15.6 Å². The van der Waals surface area contributed by atoms with Crippen LogP contribution in [-0.2, 0) is 0 Å². The number of hydrogen-bond donors (Lipinski definition) is 0. The van der Waals surface area contributed by atoms with Gasteiger partial charge in [0.25, 0.3) is 17.5 Å². The number of non-ortho nitro benzene ring substituents is 1. The number of imide groups is 1. The third kappa shape index (κ3) is 5.06. The molecule has 4 rings (SSSR count). The van der Waals surface area contributed by atoms with Crippen molar-refractivity contribution in [2.45, 2.75) is 26.8 Å². The SMILES string of the molecule is CCN(c1ccc(N=Nc2c(C#N)cc([N+](=O)[O-])cc2C#N)c(C)c1)C(C)CN1C(=O)c2ccccc2C1=O. The van der Waals surface area contributed by atoms with Gasteiger partial charge in [-0.15, -0.1) is 5.11 Å². The third-order valence-electron chi connectivity index (χ3n) is 6.51. The van der Waals surface area contributed by atoms with Crippen molar-refractivity contribution in [3.8, 4) is 12.1 Å². The largest absolute Gasteiger partial charge is 0.367 e. The Morgan fingerprint density at radius 3 is 2.08 bits per heavy atom. The van der Waals surface area contributed by atoms with Gasteiger partial charge in [0.05, 0.1) is 32.9 Å². The van der Waals surface area contributed by atoms with Crippen LogP contribution in [0.4, 0.5) is 22.7 Å². The Morgan fingerprint density at radius 1 is 1.00 bits per heavy atom. The van der Waals surface area contributed by atoms with Crippen LogP contribution in [0.15, 0.2) is 64.8 Å². The average molecular weight is 522 g/mol. The van der Waals surface area contributed by atoms with Crippen molar-refractivity contribution in [2.75, 3.05) is 18.0 Å². The molecule has 0 aliphatic carbocycles. The van der Waals surface area contributed by atoms with Crippen LogP contribution in [0.5, 0.6) is 0 Å². The summed E-state index contributed by atoms with van der Waals surface area (Å²) in [6, 6.07) is 17.8. The smallest absolute Gasteiger partial charge is 0.272 e. The first-order chi connectivity index (χ1) is 18.7. The topological polar surface area (TPSA) is 156 Å². The Hall–Kier alpha value is -5.42. The zero-order valence-electron chi connectivity index (χ0n) is 21.5. The number of amides is 2. The first-order valence-electron chi connectivity index (χ1n) is 12.1. The predicted molar refractivity (Wildman–Crippen MR) is 142 cm³/mol. The predicted octanol–water partition coefficient (Wildman–Crippen LogP) is 5.57. The molecule has 3 aromatic rings. The van der Waals surface area contributed by atoms with E-state index >= 15 is 0 Å². The molecule has 1 unspecified atom stereocenters. The highest BCUT2D eigenvalue weighted by atomic mass is 16.6. The number of benzene rings is 3. The first kappa shape index (κ1) is 26.6. The maximum Gasteiger partial charge on any atom is 0.272 e. The summed E-state index contributed by atoms with van der Waals surface area (Å²) in [5.41, 5.74) is 2.23. The van der Waals surface area contributed by atoms with Crippen LogP contribution in [0.3, 0.4) is 0 Å². The standard InChI is InChI=1S/C28H23N7O4/c1-4-33(18(3)16-34-27(36)23-7-5-6-8-24(23)28(34)37)21-9-10-25(17(2)11-21)31-32-26-19(14-29)12-22(35(38)39)13-20(26)15-30/h5-13,18H,4,16H2,1-3H3. The van der Waals surface area contributed by atoms with Crippen LogP contribution >= 0.6 is 0 Å². The van der Waals surface area contributed by atoms with Crippen molar-refractivity contribution in [1.29, 1.82) is 10.5 Å². The number of fused-ring (bicyclic) bond motifs is 1. The van der Waals surface area contributed by atoms with Crippen molar-refractivity contribution >= 4 is 34.6 Å². The van der Waals surface area contributed by atoms with E-state index in [1.165, 1.54) is 4.90 Å². The van der Waals surface area contributed by atoms with E-state index in [1.54, 1.807) is 30.3 Å². The number of carbonyl (C=O) groups excluding carboxylic acids is 2. The lowest BCUT2D eigenvalue weighted by molar-refractivity contribution is -0.384. The average Bonchev–Trinajstić information content (AvgIpc) is 3.17. The second-order valence-electron chi connectivity index (χ2n) is 8.94. The number of aryl methyl sites for hydroxylation is 1. The zero-order chi connectivity index (χ0) is 28.3. The molecule has 0 saturated heterocycles. The number of nitro groups is 1. The maximum atomic E-state index is 12.8. The van der Waals surface area contributed by atoms with Gasteiger partial charge in [-0.25, -0.2) is 0 Å². The first-order valence-corrected chi connectivity index (χ1v) is 12.1. The molecule has 0 N–H and O–H groups in total. The van der Waals surface area contributed by atoms with Crippen molar-refractivity contribution in [3.05, 3.63) is 92.5 Å². The summed E-state index contributed by atoms with van der Waals surface area (Å²) in [5, 5.41) is 38.2. The van der Waals surface area contributed by atoms with E-state index < -0.39 is 4.92 Å². The van der Waals surface area contributed by atoms with Gasteiger partial charge in [-0.3, -0.25) is 24.6 Å². The molecule has 0 aromatic heterocycles. The summed E-state index contributed by atoms with van der Waals surface area (Å²) >= 11 is 0. The molecular weight excluding hydrogens is 498 g/mol. The lowest BCUT2D eigenvalue weighted by Gasteiger charge is -2.32. The Balaban J connectivity index is 1.56. The van der Waals surface area contributed by atoms with E-state index in [0.29, 0.717) is 23.4 Å². The summed E-state index contributed by atoms with van der Waals surface area (Å²) in [7, 11) is 0. The van der Waals surface area contributed by atoms with Crippen LogP contribution in [0.1, 0.15) is 51.3 Å². The van der Waals surface area contributed by atoms with Gasteiger partial charge in [0.2, 0.25) is 0 Å². The molecule has 1 heterocycles. The lowest BCUT2D eigenvalue weighted by atomic mass is 10.1. The molecule has 11 nitrogen and oxygen atoms in total. The molecule has 0 saturated carbocycles. The number of carbonyl (C=O) groups is 2. The Labute approximate surface area is 224 Å². The number of likely N-dealkylation sites (N-methyl/N-ethyl adjacent to an activating group) is 1. The second-order valence-corrected chi connectivity index (χ2v) is 8.94. The summed E-state index contributed by atoms with van der Waals surface area (Å²) in [4.78, 5) is 39.4. The number of nitriles is 2. The van der Waals surface area contributed by atoms with Crippen molar-refractivity contribution in [3.63, 3.8) is 0 Å². The molecule has 194 valence electrons. The second kappa shape index (κ2) is 10.9. The summed E-state index contributed by atoms with van der Waals surface area (Å²) in [5.74, 6) is -0.602. The number of anilines is 1. The van der Waals surface area contributed by atoms with Crippen LogP contribution in [0.25, 0.3) is 0 Å². The van der Waals surface area contributed by atoms with E-state index in [-0.39, 0.29) is 46.9 Å². The van der Waals surface area contributed by atoms with Gasteiger partial charge in [0.15, 0.2) is 0 Å². The van der Waals surface area contributed by atoms with Crippen LogP contribution in [-0.4, -0.2) is 40.8 Å². The van der Waals surface area contributed by atoms with E-state index in [9.17, 15) is 30.2 Å². The molecule has 1 aliphatic heterocycles. The number of nitrogens with zero attached hydrogens (tertiary/aromatic N) is 7. The lowest BCUT2D eigenvalue weighted by Crippen LogP contribution is -2.44. The monoisotopic (exact) mass is 521 g/mol. The van der Waals surface area contributed by atoms with Gasteiger partial charge in [-0.1, -0.05) is 12.1 Å². The quantitative estimate of drug-likeness (QED) is 0.162. The van der Waals surface area contributed by atoms with E-state index in [2.05, 4.69) is 15.1 Å². The van der Waals surface area contributed by atoms with Gasteiger partial charge in [0.1, 0.15) is 17.8 Å². The van der Waals surface area contributed by atoms with E-state index in [0.717, 1.165) is 23.4 Å². The molecule has 3 aromatic carbocycles. The fourth-order valence-electron chi connectivity index (χ4n) is 4.55. The van der Waals surface area contributed by atoms with Crippen molar-refractivity contribution in [1.82, 2.24) is 4.90 Å². The Bertz CT molecular complexity index is 1550. The number of nitro benzene ring substituents is 1. The molecule has 0 fully saturated rings. The Morgan fingerprint density at radius 2 is 1.59 bits per heavy atom. The fraction of sp³-hybridized carbons (Fsp3) is 0.214. The van der Waals surface area contributed by atoms with Crippen molar-refractivity contribution in [2.24, 2.45) is 10.2 Å². The van der Waals surface area contributed by atoms with Crippen LogP contribution in [0, 0.1) is 39.7 Å². The minimum atomic E-state index is -0.680. The minimum absolute atomic E-state index is 0.0428. The van der Waals surface area contributed by atoms with Crippen LogP contribution < -0.4 is 4.90 Å². The number of azo groups is 1. The molecule has 0 bridgehead atoms. The fourth-order valence-corrected chi connectivity index (χ4v) is 4.55. The van der Waals surface area contributed by atoms with Gasteiger partial charge in [0, 0.05) is 37.0 Å². The summed E-state index contributed by atoms with van der Waals surface area (Å²) in [6.45, 7) is 6.58. The summed E-state index contributed by atoms with van der Waals surface area (Å²) < 4.78 is 0. The zero-order valence-corrected chi connectivity index (χ0v) is 21.5. The number of hydrogen-bond acceptors (Lipinski definition) is 9. The molecule has 1 aliphatic rings. The highest BCUT2D eigenvalue weighted by Gasteiger charge is 2.36. The van der Waals surface area contributed by atoms with Crippen molar-refractivity contribution < 1.29 is 14.5 Å². The number of rotatable bonds is 8.